The van der Waals surface area contributed by atoms with Crippen molar-refractivity contribution >= 4 is 63.8 Å². The third kappa shape index (κ3) is 4.96. The Morgan fingerprint density at radius 3 is 2.23 bits per heavy atom. The van der Waals surface area contributed by atoms with Crippen molar-refractivity contribution in [2.24, 2.45) is 0 Å². The first-order valence-electron chi connectivity index (χ1n) is 10.5. The van der Waals surface area contributed by atoms with Crippen LogP contribution in [0.2, 0.25) is 5.02 Å². The summed E-state index contributed by atoms with van der Waals surface area (Å²) in [5, 5.41) is 5.75. The number of benzene rings is 3. The number of Topliss-reactive ketones (excluding diaryl/α,β-unsaturated/α-hetero) is 1. The quantitative estimate of drug-likeness (QED) is 0.337. The Kier molecular flexibility index (Phi) is 6.73. The molecule has 3 aromatic carbocycles. The maximum Gasteiger partial charge on any atom is 0.283 e. The van der Waals surface area contributed by atoms with Gasteiger partial charge in [-0.3, -0.25) is 19.2 Å². The number of anilines is 3. The molecule has 0 spiro atoms. The predicted molar refractivity (Wildman–Crippen MR) is 136 cm³/mol. The Balaban J connectivity index is 1.49. The molecule has 3 amide bonds. The molecule has 3 aromatic rings. The van der Waals surface area contributed by atoms with Crippen molar-refractivity contribution in [1.29, 1.82) is 0 Å². The second-order valence-electron chi connectivity index (χ2n) is 7.86. The molecule has 0 unspecified atom stereocenters. The van der Waals surface area contributed by atoms with Crippen LogP contribution < -0.4 is 15.5 Å². The maximum absolute atomic E-state index is 13.0. The average Bonchev–Trinajstić information content (AvgIpc) is 3.04. The average molecular weight is 508 g/mol. The van der Waals surface area contributed by atoms with Gasteiger partial charge in [0.25, 0.3) is 17.7 Å². The molecule has 1 aliphatic heterocycles. The van der Waals surface area contributed by atoms with Crippen LogP contribution in [-0.2, 0) is 9.59 Å². The third-order valence-electron chi connectivity index (χ3n) is 5.38. The topological polar surface area (TPSA) is 95.6 Å². The highest BCUT2D eigenvalue weighted by molar-refractivity contribution is 6.53. The van der Waals surface area contributed by atoms with E-state index in [9.17, 15) is 19.2 Å². The number of nitrogens with zero attached hydrogens (tertiary/aromatic N) is 1. The molecule has 7 nitrogen and oxygen atoms in total. The molecule has 4 rings (SSSR count). The van der Waals surface area contributed by atoms with Crippen molar-refractivity contribution in [3.8, 4) is 0 Å². The first-order valence-corrected chi connectivity index (χ1v) is 11.3. The Hall–Kier alpha value is -3.94. The van der Waals surface area contributed by atoms with Gasteiger partial charge in [0.05, 0.1) is 5.69 Å². The lowest BCUT2D eigenvalue weighted by molar-refractivity contribution is -0.120. The fraction of sp³-hybridized carbons (Fsp3) is 0.0769. The minimum Gasteiger partial charge on any atom is -0.350 e. The Labute approximate surface area is 211 Å². The molecule has 0 atom stereocenters. The van der Waals surface area contributed by atoms with Gasteiger partial charge in [0.1, 0.15) is 10.7 Å². The normalized spacial score (nSPS) is 13.3. The summed E-state index contributed by atoms with van der Waals surface area (Å²) >= 11 is 12.2. The molecule has 0 saturated carbocycles. The van der Waals surface area contributed by atoms with E-state index in [1.54, 1.807) is 67.6 Å². The number of ketones is 1. The lowest BCUT2D eigenvalue weighted by atomic mass is 10.1. The number of carbonyl (C=O) groups excluding carboxylic acids is 4. The number of nitrogens with one attached hydrogen (secondary N) is 2. The van der Waals surface area contributed by atoms with Gasteiger partial charge in [0.2, 0.25) is 0 Å². The number of carbonyl (C=O) groups is 4. The van der Waals surface area contributed by atoms with E-state index < -0.39 is 11.8 Å². The molecular weight excluding hydrogens is 489 g/mol. The third-order valence-corrected chi connectivity index (χ3v) is 5.97. The van der Waals surface area contributed by atoms with E-state index in [0.29, 0.717) is 38.8 Å². The lowest BCUT2D eigenvalue weighted by Gasteiger charge is -2.17. The molecule has 0 aromatic heterocycles. The maximum atomic E-state index is 13.0. The van der Waals surface area contributed by atoms with Gasteiger partial charge in [0.15, 0.2) is 5.78 Å². The van der Waals surface area contributed by atoms with Gasteiger partial charge in [-0.2, -0.15) is 0 Å². The molecule has 2 N–H and O–H groups in total. The first kappa shape index (κ1) is 24.2. The summed E-state index contributed by atoms with van der Waals surface area (Å²) in [5.41, 5.74) is 2.76. The van der Waals surface area contributed by atoms with Crippen LogP contribution in [0.5, 0.6) is 0 Å². The van der Waals surface area contributed by atoms with E-state index in [-0.39, 0.29) is 22.4 Å². The summed E-state index contributed by atoms with van der Waals surface area (Å²) in [6.07, 6.45) is 0. The van der Waals surface area contributed by atoms with Gasteiger partial charge in [-0.25, -0.2) is 4.90 Å². The highest BCUT2D eigenvalue weighted by atomic mass is 35.5. The number of aryl methyl sites for hydroxylation is 1. The van der Waals surface area contributed by atoms with Crippen molar-refractivity contribution < 1.29 is 19.2 Å². The van der Waals surface area contributed by atoms with Crippen molar-refractivity contribution in [3.05, 3.63) is 99.2 Å². The van der Waals surface area contributed by atoms with Gasteiger partial charge in [-0.15, -0.1) is 0 Å². The molecule has 9 heteroatoms. The molecule has 176 valence electrons. The minimum atomic E-state index is -0.659. The summed E-state index contributed by atoms with van der Waals surface area (Å²) in [6.45, 7) is 3.21. The van der Waals surface area contributed by atoms with Crippen LogP contribution in [0.15, 0.2) is 77.5 Å². The van der Waals surface area contributed by atoms with Crippen molar-refractivity contribution in [2.45, 2.75) is 13.8 Å². The van der Waals surface area contributed by atoms with Crippen LogP contribution >= 0.6 is 23.2 Å². The molecule has 35 heavy (non-hydrogen) atoms. The lowest BCUT2D eigenvalue weighted by Crippen LogP contribution is -2.32. The van der Waals surface area contributed by atoms with Gasteiger partial charge in [-0.05, 0) is 67.9 Å². The number of imide groups is 1. The first-order chi connectivity index (χ1) is 16.7. The fourth-order valence-electron chi connectivity index (χ4n) is 3.52. The molecule has 0 bridgehead atoms. The highest BCUT2D eigenvalue weighted by Crippen LogP contribution is 2.33. The molecule has 0 radical (unpaired) electrons. The van der Waals surface area contributed by atoms with Gasteiger partial charge in [0, 0.05) is 27.5 Å². The Morgan fingerprint density at radius 1 is 0.829 bits per heavy atom. The standard InChI is InChI=1S/C26H19Cl2N3O4/c1-14-6-9-18(27)13-21(14)31-25(34)22(28)23(26(31)35)29-19-10-7-16(8-11-19)24(33)30-20-5-3-4-17(12-20)15(2)32/h3-13,29H,1-2H3,(H,30,33). The van der Waals surface area contributed by atoms with Gasteiger partial charge < -0.3 is 10.6 Å². The number of amides is 3. The number of hydrogen-bond donors (Lipinski definition) is 2. The van der Waals surface area contributed by atoms with E-state index in [2.05, 4.69) is 10.6 Å². The van der Waals surface area contributed by atoms with Crippen LogP contribution in [0.4, 0.5) is 17.1 Å². The Bertz CT molecular complexity index is 1410. The van der Waals surface area contributed by atoms with Crippen LogP contribution in [0.25, 0.3) is 0 Å². The molecule has 0 aliphatic carbocycles. The molecule has 1 heterocycles. The zero-order valence-electron chi connectivity index (χ0n) is 18.7. The van der Waals surface area contributed by atoms with E-state index >= 15 is 0 Å². The number of hydrogen-bond acceptors (Lipinski definition) is 5. The summed E-state index contributed by atoms with van der Waals surface area (Å²) in [5.74, 6) is -1.75. The Morgan fingerprint density at radius 2 is 1.54 bits per heavy atom. The van der Waals surface area contributed by atoms with E-state index in [1.807, 2.05) is 0 Å². The van der Waals surface area contributed by atoms with E-state index in [0.717, 1.165) is 4.90 Å². The summed E-state index contributed by atoms with van der Waals surface area (Å²) in [7, 11) is 0. The molecular formula is C26H19Cl2N3O4. The summed E-state index contributed by atoms with van der Waals surface area (Å²) in [4.78, 5) is 50.9. The molecule has 1 aliphatic rings. The minimum absolute atomic E-state index is 0.0747. The number of halogens is 2. The fourth-order valence-corrected chi connectivity index (χ4v) is 3.90. The number of rotatable bonds is 6. The second kappa shape index (κ2) is 9.74. The van der Waals surface area contributed by atoms with Crippen molar-refractivity contribution in [2.75, 3.05) is 15.5 Å². The largest absolute Gasteiger partial charge is 0.350 e. The predicted octanol–water partition coefficient (Wildman–Crippen LogP) is 5.54. The zero-order chi connectivity index (χ0) is 25.3. The zero-order valence-corrected chi connectivity index (χ0v) is 20.2. The summed E-state index contributed by atoms with van der Waals surface area (Å²) in [6, 6.07) is 17.8. The van der Waals surface area contributed by atoms with Crippen LogP contribution in [-0.4, -0.2) is 23.5 Å². The smallest absolute Gasteiger partial charge is 0.283 e. The monoisotopic (exact) mass is 507 g/mol. The molecule has 0 fully saturated rings. The molecule has 0 saturated heterocycles. The van der Waals surface area contributed by atoms with Crippen LogP contribution in [0.1, 0.15) is 33.2 Å². The SMILES string of the molecule is CC(=O)c1cccc(NC(=O)c2ccc(NC3=C(Cl)C(=O)N(c4cc(Cl)ccc4C)C3=O)cc2)c1. The highest BCUT2D eigenvalue weighted by Gasteiger charge is 2.39. The van der Waals surface area contributed by atoms with Crippen LogP contribution in [0.3, 0.4) is 0 Å². The second-order valence-corrected chi connectivity index (χ2v) is 8.67. The summed E-state index contributed by atoms with van der Waals surface area (Å²) < 4.78 is 0. The van der Waals surface area contributed by atoms with Gasteiger partial charge in [-0.1, -0.05) is 41.4 Å². The van der Waals surface area contributed by atoms with Crippen molar-refractivity contribution in [3.63, 3.8) is 0 Å². The van der Waals surface area contributed by atoms with Gasteiger partial charge >= 0.3 is 0 Å². The van der Waals surface area contributed by atoms with E-state index in [1.165, 1.54) is 13.0 Å². The van der Waals surface area contributed by atoms with Crippen LogP contribution in [0, 0.1) is 6.92 Å². The van der Waals surface area contributed by atoms with E-state index in [4.69, 9.17) is 23.2 Å². The van der Waals surface area contributed by atoms with Crippen molar-refractivity contribution in [1.82, 2.24) is 0 Å².